The van der Waals surface area contributed by atoms with Crippen LogP contribution in [0.5, 0.6) is 0 Å². The molecule has 0 aromatic rings. The van der Waals surface area contributed by atoms with Gasteiger partial charge in [-0.3, -0.25) is 0 Å². The van der Waals surface area contributed by atoms with Crippen molar-refractivity contribution in [1.82, 2.24) is 0 Å². The van der Waals surface area contributed by atoms with Gasteiger partial charge in [0.15, 0.2) is 0 Å². The molecule has 0 bridgehead atoms. The molecule has 0 rings (SSSR count). The Morgan fingerprint density at radius 2 is 2.00 bits per heavy atom. The van der Waals surface area contributed by atoms with Crippen molar-refractivity contribution in [2.24, 2.45) is 5.92 Å². The van der Waals surface area contributed by atoms with Gasteiger partial charge in [0, 0.05) is 0 Å². The van der Waals surface area contributed by atoms with Gasteiger partial charge in [0.05, 0.1) is 0 Å². The van der Waals surface area contributed by atoms with Crippen LogP contribution in [0.4, 0.5) is 13.2 Å². The third kappa shape index (κ3) is 2.41. The lowest BCUT2D eigenvalue weighted by Gasteiger charge is -2.10. The molecular formula is C6H7F3. The molecule has 0 saturated carbocycles. The maximum absolute atomic E-state index is 11.6. The van der Waals surface area contributed by atoms with Crippen LogP contribution in [0.15, 0.2) is 0 Å². The van der Waals surface area contributed by atoms with Crippen molar-refractivity contribution >= 4 is 0 Å². The van der Waals surface area contributed by atoms with Crippen LogP contribution in [0, 0.1) is 18.3 Å². The van der Waals surface area contributed by atoms with E-state index in [-0.39, 0.29) is 6.42 Å². The van der Waals surface area contributed by atoms with Gasteiger partial charge >= 0.3 is 6.18 Å². The Balaban J connectivity index is 4.00. The van der Waals surface area contributed by atoms with Crippen LogP contribution in [-0.4, -0.2) is 6.18 Å². The number of hydrogen-bond acceptors (Lipinski definition) is 0. The molecule has 0 aromatic heterocycles. The molecule has 9 heavy (non-hydrogen) atoms. The number of terminal acetylenes is 1. The molecule has 52 valence electrons. The average Bonchev–Trinajstić information content (AvgIpc) is 1.65. The molecule has 0 heterocycles. The van der Waals surface area contributed by atoms with E-state index < -0.39 is 12.1 Å². The first-order valence-corrected chi connectivity index (χ1v) is 2.55. The van der Waals surface area contributed by atoms with Crippen LogP contribution in [0.2, 0.25) is 0 Å². The van der Waals surface area contributed by atoms with Crippen LogP contribution >= 0.6 is 0 Å². The minimum Gasteiger partial charge on any atom is -0.170 e. The summed E-state index contributed by atoms with van der Waals surface area (Å²) in [5.41, 5.74) is 0. The molecule has 0 nitrogen and oxygen atoms in total. The van der Waals surface area contributed by atoms with Gasteiger partial charge < -0.3 is 0 Å². The van der Waals surface area contributed by atoms with E-state index in [1.807, 2.05) is 0 Å². The standard InChI is InChI=1S/C6H7F3/c1-3-5(4-2)6(7,8)9/h1,5H,4H2,2H3/t5-/m0/s1. The van der Waals surface area contributed by atoms with Gasteiger partial charge in [-0.05, 0) is 6.42 Å². The Kier molecular flexibility index (Phi) is 2.57. The second kappa shape index (κ2) is 2.77. The molecule has 1 atom stereocenters. The summed E-state index contributed by atoms with van der Waals surface area (Å²) in [6, 6.07) is 0. The predicted molar refractivity (Wildman–Crippen MR) is 28.7 cm³/mol. The lowest BCUT2D eigenvalue weighted by atomic mass is 10.1. The zero-order valence-electron chi connectivity index (χ0n) is 5.00. The van der Waals surface area contributed by atoms with Crippen molar-refractivity contribution in [2.75, 3.05) is 0 Å². The van der Waals surface area contributed by atoms with Crippen molar-refractivity contribution in [3.8, 4) is 12.3 Å². The van der Waals surface area contributed by atoms with Crippen LogP contribution in [0.3, 0.4) is 0 Å². The molecule has 0 fully saturated rings. The highest BCUT2D eigenvalue weighted by Crippen LogP contribution is 2.27. The van der Waals surface area contributed by atoms with E-state index in [4.69, 9.17) is 0 Å². The number of halogens is 3. The first-order chi connectivity index (χ1) is 4.02. The number of alkyl halides is 3. The Bertz CT molecular complexity index is 117. The van der Waals surface area contributed by atoms with Gasteiger partial charge in [0.1, 0.15) is 5.92 Å². The maximum atomic E-state index is 11.6. The van der Waals surface area contributed by atoms with Gasteiger partial charge in [-0.15, -0.1) is 6.42 Å². The van der Waals surface area contributed by atoms with Gasteiger partial charge in [0.2, 0.25) is 0 Å². The SMILES string of the molecule is C#C[C@@H](CC)C(F)(F)F. The molecule has 3 heteroatoms. The molecule has 0 aromatic carbocycles. The molecule has 0 unspecified atom stereocenters. The van der Waals surface area contributed by atoms with E-state index in [1.165, 1.54) is 6.92 Å². The van der Waals surface area contributed by atoms with Crippen LogP contribution in [0.25, 0.3) is 0 Å². The van der Waals surface area contributed by atoms with Crippen molar-refractivity contribution in [2.45, 2.75) is 19.5 Å². The fourth-order valence-electron chi connectivity index (χ4n) is 0.444. The van der Waals surface area contributed by atoms with Gasteiger partial charge in [-0.1, -0.05) is 12.8 Å². The van der Waals surface area contributed by atoms with Gasteiger partial charge in [-0.25, -0.2) is 0 Å². The number of hydrogen-bond donors (Lipinski definition) is 0. The smallest absolute Gasteiger partial charge is 0.170 e. The molecule has 0 N–H and O–H groups in total. The Hall–Kier alpha value is -0.650. The molecule has 0 aliphatic heterocycles. The van der Waals surface area contributed by atoms with E-state index in [9.17, 15) is 13.2 Å². The van der Waals surface area contributed by atoms with E-state index in [0.29, 0.717) is 0 Å². The van der Waals surface area contributed by atoms with Crippen molar-refractivity contribution in [1.29, 1.82) is 0 Å². The van der Waals surface area contributed by atoms with Crippen LogP contribution in [0.1, 0.15) is 13.3 Å². The van der Waals surface area contributed by atoms with Gasteiger partial charge in [-0.2, -0.15) is 13.2 Å². The minimum atomic E-state index is -4.22. The quantitative estimate of drug-likeness (QED) is 0.485. The second-order valence-corrected chi connectivity index (χ2v) is 1.67. The lowest BCUT2D eigenvalue weighted by molar-refractivity contribution is -0.158. The molecule has 0 saturated heterocycles. The Morgan fingerprint density at radius 3 is 2.00 bits per heavy atom. The molecular weight excluding hydrogens is 129 g/mol. The van der Waals surface area contributed by atoms with Crippen molar-refractivity contribution in [3.63, 3.8) is 0 Å². The summed E-state index contributed by atoms with van der Waals surface area (Å²) in [6.07, 6.45) is 0.339. The van der Waals surface area contributed by atoms with Crippen LogP contribution < -0.4 is 0 Å². The van der Waals surface area contributed by atoms with E-state index in [2.05, 4.69) is 6.42 Å². The first-order valence-electron chi connectivity index (χ1n) is 2.55. The molecule has 0 aliphatic carbocycles. The summed E-state index contributed by atoms with van der Waals surface area (Å²) in [7, 11) is 0. The van der Waals surface area contributed by atoms with E-state index in [1.54, 1.807) is 5.92 Å². The summed E-state index contributed by atoms with van der Waals surface area (Å²) in [4.78, 5) is 0. The Labute approximate surface area is 52.1 Å². The van der Waals surface area contributed by atoms with E-state index >= 15 is 0 Å². The fourth-order valence-corrected chi connectivity index (χ4v) is 0.444. The lowest BCUT2D eigenvalue weighted by Crippen LogP contribution is -2.19. The number of rotatable bonds is 1. The molecule has 0 aliphatic rings. The fraction of sp³-hybridized carbons (Fsp3) is 0.667. The summed E-state index contributed by atoms with van der Waals surface area (Å²) >= 11 is 0. The zero-order chi connectivity index (χ0) is 7.49. The molecule has 0 radical (unpaired) electrons. The summed E-state index contributed by atoms with van der Waals surface area (Å²) in [5, 5.41) is 0. The van der Waals surface area contributed by atoms with E-state index in [0.717, 1.165) is 0 Å². The van der Waals surface area contributed by atoms with Crippen molar-refractivity contribution in [3.05, 3.63) is 0 Å². The highest BCUT2D eigenvalue weighted by atomic mass is 19.4. The first kappa shape index (κ1) is 8.35. The second-order valence-electron chi connectivity index (χ2n) is 1.67. The third-order valence-electron chi connectivity index (χ3n) is 1.00. The van der Waals surface area contributed by atoms with Crippen molar-refractivity contribution < 1.29 is 13.2 Å². The van der Waals surface area contributed by atoms with Crippen LogP contribution in [-0.2, 0) is 0 Å². The summed E-state index contributed by atoms with van der Waals surface area (Å²) < 4.78 is 34.7. The monoisotopic (exact) mass is 136 g/mol. The predicted octanol–water partition coefficient (Wildman–Crippen LogP) is 2.21. The summed E-state index contributed by atoms with van der Waals surface area (Å²) in [6.45, 7) is 1.41. The minimum absolute atomic E-state index is 0.0417. The highest BCUT2D eigenvalue weighted by molar-refractivity contribution is 4.95. The molecule has 0 spiro atoms. The largest absolute Gasteiger partial charge is 0.402 e. The Morgan fingerprint density at radius 1 is 1.56 bits per heavy atom. The van der Waals surface area contributed by atoms with Gasteiger partial charge in [0.25, 0.3) is 0 Å². The highest BCUT2D eigenvalue weighted by Gasteiger charge is 2.36. The summed E-state index contributed by atoms with van der Waals surface area (Å²) in [5.74, 6) is 0.0949. The topological polar surface area (TPSA) is 0 Å². The zero-order valence-corrected chi connectivity index (χ0v) is 5.00. The average molecular weight is 136 g/mol. The normalized spacial score (nSPS) is 14.6. The maximum Gasteiger partial charge on any atom is 0.402 e. The third-order valence-corrected chi connectivity index (χ3v) is 1.00. The molecule has 0 amide bonds.